The molecule has 2 aromatic heterocycles. The summed E-state index contributed by atoms with van der Waals surface area (Å²) >= 11 is 0. The maximum absolute atomic E-state index is 13.2. The first-order valence-corrected chi connectivity index (χ1v) is 14.1. The van der Waals surface area contributed by atoms with E-state index in [9.17, 15) is 23.1 Å². The van der Waals surface area contributed by atoms with Crippen molar-refractivity contribution < 1.29 is 23.1 Å². The molecule has 0 atom stereocenters. The quantitative estimate of drug-likeness (QED) is 0.178. The van der Waals surface area contributed by atoms with E-state index in [1.807, 2.05) is 18.2 Å². The van der Waals surface area contributed by atoms with Crippen LogP contribution in [-0.2, 0) is 12.7 Å². The van der Waals surface area contributed by atoms with Gasteiger partial charge in [-0.05, 0) is 86.4 Å². The third kappa shape index (κ3) is 6.93. The van der Waals surface area contributed by atoms with Gasteiger partial charge in [0.15, 0.2) is 0 Å². The molecule has 12 heteroatoms. The van der Waals surface area contributed by atoms with Gasteiger partial charge in [-0.2, -0.15) is 18.3 Å². The van der Waals surface area contributed by atoms with E-state index in [4.69, 9.17) is 4.98 Å². The molecule has 0 radical (unpaired) electrons. The number of rotatable bonds is 8. The van der Waals surface area contributed by atoms with E-state index in [0.29, 0.717) is 29.2 Å². The number of carboxylic acid groups (broad SMARTS) is 1. The van der Waals surface area contributed by atoms with E-state index < -0.39 is 17.7 Å². The molecule has 0 spiro atoms. The standard InChI is InChI=1S/C32H30F3N5O2.2ClH/c33-32(34,35)25-12-9-22(10-13-25)29-26(20-36-38-29)30-37-27-19-24(21-5-7-23(8-6-21)31(41)42)11-14-28(27)40(30)18-4-17-39-15-2-1-3-16-39;;/h5-14,19-20H,1-4,15-18H2,(H,36,38)(H,41,42);2*1H. The second-order valence-corrected chi connectivity index (χ2v) is 10.7. The van der Waals surface area contributed by atoms with E-state index in [1.165, 1.54) is 31.4 Å². The molecule has 0 bridgehead atoms. The maximum atomic E-state index is 13.2. The summed E-state index contributed by atoms with van der Waals surface area (Å²) < 4.78 is 41.7. The number of nitrogens with one attached hydrogen (secondary N) is 1. The van der Waals surface area contributed by atoms with Gasteiger partial charge in [-0.15, -0.1) is 24.8 Å². The fourth-order valence-corrected chi connectivity index (χ4v) is 5.68. The fourth-order valence-electron chi connectivity index (χ4n) is 5.68. The van der Waals surface area contributed by atoms with Gasteiger partial charge in [0, 0.05) is 12.1 Å². The van der Waals surface area contributed by atoms with Crippen molar-refractivity contribution in [2.45, 2.75) is 38.4 Å². The van der Waals surface area contributed by atoms with Crippen molar-refractivity contribution >= 4 is 41.8 Å². The molecule has 3 heterocycles. The third-order valence-corrected chi connectivity index (χ3v) is 7.90. The molecule has 2 N–H and O–H groups in total. The zero-order valence-corrected chi connectivity index (χ0v) is 25.3. The highest BCUT2D eigenvalue weighted by Crippen LogP contribution is 2.36. The zero-order valence-electron chi connectivity index (χ0n) is 23.7. The van der Waals surface area contributed by atoms with Crippen LogP contribution in [0.15, 0.2) is 72.9 Å². The van der Waals surface area contributed by atoms with Crippen molar-refractivity contribution in [3.05, 3.63) is 84.1 Å². The summed E-state index contributed by atoms with van der Waals surface area (Å²) in [7, 11) is 0. The van der Waals surface area contributed by atoms with Crippen LogP contribution in [0.5, 0.6) is 0 Å². The number of imidazole rings is 1. The monoisotopic (exact) mass is 645 g/mol. The lowest BCUT2D eigenvalue weighted by Crippen LogP contribution is -2.31. The number of aromatic nitrogens is 4. The van der Waals surface area contributed by atoms with Gasteiger partial charge in [-0.1, -0.05) is 36.8 Å². The summed E-state index contributed by atoms with van der Waals surface area (Å²) in [6, 6.07) is 17.7. The lowest BCUT2D eigenvalue weighted by atomic mass is 10.0. The van der Waals surface area contributed by atoms with Crippen molar-refractivity contribution in [1.82, 2.24) is 24.6 Å². The Kier molecular flexibility index (Phi) is 10.4. The van der Waals surface area contributed by atoms with Gasteiger partial charge < -0.3 is 14.6 Å². The molecule has 1 aliphatic rings. The molecule has 6 rings (SSSR count). The van der Waals surface area contributed by atoms with E-state index in [1.54, 1.807) is 30.5 Å². The van der Waals surface area contributed by atoms with Gasteiger partial charge >= 0.3 is 12.1 Å². The molecular weight excluding hydrogens is 614 g/mol. The first-order valence-electron chi connectivity index (χ1n) is 14.1. The molecule has 0 saturated carbocycles. The van der Waals surface area contributed by atoms with E-state index in [2.05, 4.69) is 19.7 Å². The number of likely N-dealkylation sites (tertiary alicyclic amines) is 1. The minimum absolute atomic E-state index is 0. The predicted molar refractivity (Wildman–Crippen MR) is 170 cm³/mol. The number of hydrogen-bond acceptors (Lipinski definition) is 4. The van der Waals surface area contributed by atoms with Crippen molar-refractivity contribution in [2.24, 2.45) is 0 Å². The highest BCUT2D eigenvalue weighted by Gasteiger charge is 2.30. The number of benzene rings is 3. The van der Waals surface area contributed by atoms with Crippen molar-refractivity contribution in [3.63, 3.8) is 0 Å². The summed E-state index contributed by atoms with van der Waals surface area (Å²) in [6.07, 6.45) is 1.90. The Balaban J connectivity index is 0.00000221. The highest BCUT2D eigenvalue weighted by atomic mass is 35.5. The molecule has 232 valence electrons. The SMILES string of the molecule is Cl.Cl.O=C(O)c1ccc(-c2ccc3c(c2)nc(-c2cn[nH]c2-c2ccc(C(F)(F)F)cc2)n3CCCN2CCCCC2)cc1. The Morgan fingerprint density at radius 1 is 0.864 bits per heavy atom. The minimum atomic E-state index is -4.41. The van der Waals surface area contributed by atoms with Gasteiger partial charge in [-0.25, -0.2) is 9.78 Å². The van der Waals surface area contributed by atoms with Crippen LogP contribution < -0.4 is 0 Å². The van der Waals surface area contributed by atoms with Crippen molar-refractivity contribution in [1.29, 1.82) is 0 Å². The number of aryl methyl sites for hydroxylation is 1. The molecule has 1 saturated heterocycles. The minimum Gasteiger partial charge on any atom is -0.478 e. The second kappa shape index (κ2) is 13.8. The topological polar surface area (TPSA) is 87.0 Å². The van der Waals surface area contributed by atoms with E-state index in [0.717, 1.165) is 60.3 Å². The summed E-state index contributed by atoms with van der Waals surface area (Å²) in [4.78, 5) is 18.8. The summed E-state index contributed by atoms with van der Waals surface area (Å²) in [5, 5.41) is 16.5. The zero-order chi connectivity index (χ0) is 29.3. The number of carboxylic acids is 1. The van der Waals surface area contributed by atoms with Gasteiger partial charge in [0.25, 0.3) is 0 Å². The van der Waals surface area contributed by atoms with Crippen LogP contribution in [0.2, 0.25) is 0 Å². The number of piperidine rings is 1. The Labute approximate surface area is 264 Å². The maximum Gasteiger partial charge on any atom is 0.416 e. The Morgan fingerprint density at radius 3 is 2.18 bits per heavy atom. The van der Waals surface area contributed by atoms with E-state index in [-0.39, 0.29) is 30.4 Å². The van der Waals surface area contributed by atoms with Gasteiger partial charge in [0.05, 0.1) is 39.6 Å². The Bertz CT molecular complexity index is 1710. The number of fused-ring (bicyclic) bond motifs is 1. The van der Waals surface area contributed by atoms with Crippen LogP contribution in [0.25, 0.3) is 44.8 Å². The lowest BCUT2D eigenvalue weighted by molar-refractivity contribution is -0.137. The number of aromatic amines is 1. The smallest absolute Gasteiger partial charge is 0.416 e. The molecule has 1 aliphatic heterocycles. The predicted octanol–water partition coefficient (Wildman–Crippen LogP) is 8.20. The number of carbonyl (C=O) groups is 1. The number of hydrogen-bond donors (Lipinski definition) is 2. The van der Waals surface area contributed by atoms with Gasteiger partial charge in [-0.3, -0.25) is 5.10 Å². The number of nitrogens with zero attached hydrogens (tertiary/aromatic N) is 4. The first kappa shape index (κ1) is 33.0. The van der Waals surface area contributed by atoms with Crippen LogP contribution >= 0.6 is 24.8 Å². The molecule has 1 fully saturated rings. The average molecular weight is 647 g/mol. The van der Waals surface area contributed by atoms with Crippen LogP contribution in [0.1, 0.15) is 41.6 Å². The largest absolute Gasteiger partial charge is 0.478 e. The highest BCUT2D eigenvalue weighted by molar-refractivity contribution is 5.90. The number of H-pyrrole nitrogens is 1. The third-order valence-electron chi connectivity index (χ3n) is 7.90. The van der Waals surface area contributed by atoms with Gasteiger partial charge in [0.2, 0.25) is 0 Å². The lowest BCUT2D eigenvalue weighted by Gasteiger charge is -2.26. The van der Waals surface area contributed by atoms with Crippen LogP contribution in [0, 0.1) is 0 Å². The molecule has 7 nitrogen and oxygen atoms in total. The first-order chi connectivity index (χ1) is 20.3. The van der Waals surface area contributed by atoms with Crippen molar-refractivity contribution in [3.8, 4) is 33.8 Å². The van der Waals surface area contributed by atoms with Crippen LogP contribution in [0.3, 0.4) is 0 Å². The van der Waals surface area contributed by atoms with E-state index >= 15 is 0 Å². The summed E-state index contributed by atoms with van der Waals surface area (Å²) in [5.74, 6) is -0.292. The normalized spacial score (nSPS) is 13.8. The van der Waals surface area contributed by atoms with Gasteiger partial charge in [0.1, 0.15) is 5.82 Å². The number of alkyl halides is 3. The number of aromatic carboxylic acids is 1. The van der Waals surface area contributed by atoms with Crippen LogP contribution in [0.4, 0.5) is 13.2 Å². The molecule has 0 amide bonds. The Hall–Kier alpha value is -3.86. The molecule has 5 aromatic rings. The molecule has 44 heavy (non-hydrogen) atoms. The molecule has 0 aliphatic carbocycles. The van der Waals surface area contributed by atoms with Crippen molar-refractivity contribution in [2.75, 3.05) is 19.6 Å². The molecule has 3 aromatic carbocycles. The Morgan fingerprint density at radius 2 is 1.52 bits per heavy atom. The molecule has 0 unspecified atom stereocenters. The van der Waals surface area contributed by atoms with Crippen LogP contribution in [-0.4, -0.2) is 55.4 Å². The summed E-state index contributed by atoms with van der Waals surface area (Å²) in [6.45, 7) is 3.92. The number of halogens is 5. The molecular formula is C32H32Cl2F3N5O2. The summed E-state index contributed by atoms with van der Waals surface area (Å²) in [5.41, 5.74) is 4.88. The second-order valence-electron chi connectivity index (χ2n) is 10.7. The fraction of sp³-hybridized carbons (Fsp3) is 0.281. The average Bonchev–Trinajstić information content (AvgIpc) is 3.62.